The third kappa shape index (κ3) is 3.98. The third-order valence-corrected chi connectivity index (χ3v) is 4.73. The van der Waals surface area contributed by atoms with Gasteiger partial charge < -0.3 is 5.11 Å². The smallest absolute Gasteiger partial charge is 0.168 e. The van der Waals surface area contributed by atoms with Crippen LogP contribution in [0.4, 0.5) is 0 Å². The second kappa shape index (κ2) is 8.11. The Hall–Kier alpha value is -2.42. The van der Waals surface area contributed by atoms with Gasteiger partial charge >= 0.3 is 0 Å². The molecule has 0 spiro atoms. The molecule has 0 saturated heterocycles. The van der Waals surface area contributed by atoms with Crippen molar-refractivity contribution in [2.24, 2.45) is 4.99 Å². The number of aliphatic imine (C=N–C) groups is 1. The van der Waals surface area contributed by atoms with E-state index in [2.05, 4.69) is 31.2 Å². The number of unbranched alkanes of at least 4 members (excludes halogenated alkanes) is 1. The molecule has 0 bridgehead atoms. The van der Waals surface area contributed by atoms with E-state index in [4.69, 9.17) is 4.99 Å². The Morgan fingerprint density at radius 3 is 2.72 bits per heavy atom. The first-order valence-corrected chi connectivity index (χ1v) is 9.16. The normalized spacial score (nSPS) is 15.9. The molecule has 0 saturated carbocycles. The molecule has 0 radical (unpaired) electrons. The van der Waals surface area contributed by atoms with Gasteiger partial charge in [0.15, 0.2) is 5.78 Å². The largest absolute Gasteiger partial charge is 0.511 e. The van der Waals surface area contributed by atoms with Gasteiger partial charge in [-0.2, -0.15) is 0 Å². The number of hydrogen-bond donors (Lipinski definition) is 1. The molecule has 2 aromatic rings. The fraction of sp³-hybridized carbons (Fsp3) is 0.364. The fourth-order valence-electron chi connectivity index (χ4n) is 3.38. The zero-order chi connectivity index (χ0) is 17.6. The second-order valence-corrected chi connectivity index (χ2v) is 6.60. The molecule has 0 aliphatic heterocycles. The molecule has 3 heteroatoms. The summed E-state index contributed by atoms with van der Waals surface area (Å²) < 4.78 is 0. The number of benzene rings is 2. The Morgan fingerprint density at radius 1 is 1.12 bits per heavy atom. The lowest BCUT2D eigenvalue weighted by molar-refractivity contribution is -0.115. The quantitative estimate of drug-likeness (QED) is 0.583. The van der Waals surface area contributed by atoms with Crippen LogP contribution in [0, 0.1) is 0 Å². The number of allylic oxidation sites excluding steroid dienone is 2. The lowest BCUT2D eigenvalue weighted by atomic mass is 9.89. The molecule has 0 aromatic heterocycles. The molecule has 0 fully saturated rings. The van der Waals surface area contributed by atoms with E-state index >= 15 is 0 Å². The van der Waals surface area contributed by atoms with E-state index in [0.717, 1.165) is 30.5 Å². The number of carbonyl (C=O) groups is 1. The summed E-state index contributed by atoms with van der Waals surface area (Å²) in [4.78, 5) is 17.2. The van der Waals surface area contributed by atoms with Crippen LogP contribution in [0.15, 0.2) is 58.8 Å². The van der Waals surface area contributed by atoms with E-state index < -0.39 is 0 Å². The van der Waals surface area contributed by atoms with Gasteiger partial charge in [0.1, 0.15) is 5.76 Å². The summed E-state index contributed by atoms with van der Waals surface area (Å²) in [6, 6.07) is 14.5. The molecule has 3 rings (SSSR count). The predicted octanol–water partition coefficient (Wildman–Crippen LogP) is 5.19. The molecule has 130 valence electrons. The maximum Gasteiger partial charge on any atom is 0.168 e. The van der Waals surface area contributed by atoms with Crippen molar-refractivity contribution < 1.29 is 9.90 Å². The van der Waals surface area contributed by atoms with Crippen LogP contribution in [0.2, 0.25) is 0 Å². The number of Topliss-reactive ketones (excluding diaryl/α,β-unsaturated/α-hetero) is 1. The summed E-state index contributed by atoms with van der Waals surface area (Å²) in [5.41, 5.74) is 2.36. The zero-order valence-corrected chi connectivity index (χ0v) is 14.8. The van der Waals surface area contributed by atoms with Crippen molar-refractivity contribution in [3.05, 3.63) is 59.4 Å². The van der Waals surface area contributed by atoms with Crippen molar-refractivity contribution >= 4 is 22.3 Å². The minimum Gasteiger partial charge on any atom is -0.511 e. The summed E-state index contributed by atoms with van der Waals surface area (Å²) in [5, 5.41) is 12.7. The summed E-state index contributed by atoms with van der Waals surface area (Å²) in [6.07, 6.45) is 4.43. The fourth-order valence-corrected chi connectivity index (χ4v) is 3.38. The average molecular weight is 335 g/mol. The highest BCUT2D eigenvalue weighted by molar-refractivity contribution is 6.24. The van der Waals surface area contributed by atoms with Gasteiger partial charge in [-0.25, -0.2) is 0 Å². The van der Waals surface area contributed by atoms with Gasteiger partial charge in [-0.05, 0) is 29.2 Å². The number of hydrogen-bond acceptors (Lipinski definition) is 3. The van der Waals surface area contributed by atoms with E-state index in [1.807, 2.05) is 18.2 Å². The van der Waals surface area contributed by atoms with Crippen LogP contribution in [-0.2, 0) is 11.2 Å². The molecular weight excluding hydrogens is 310 g/mol. The topological polar surface area (TPSA) is 49.7 Å². The molecule has 0 heterocycles. The molecule has 1 aliphatic rings. The summed E-state index contributed by atoms with van der Waals surface area (Å²) in [6.45, 7) is 2.82. The van der Waals surface area contributed by atoms with Crippen LogP contribution in [0.1, 0.15) is 44.6 Å². The maximum atomic E-state index is 12.4. The molecular formula is C22H25NO2. The van der Waals surface area contributed by atoms with Crippen molar-refractivity contribution in [2.45, 2.75) is 45.4 Å². The minimum absolute atomic E-state index is 0.0271. The van der Waals surface area contributed by atoms with Crippen molar-refractivity contribution in [2.75, 3.05) is 6.54 Å². The first-order valence-electron chi connectivity index (χ1n) is 9.16. The number of rotatable bonds is 6. The van der Waals surface area contributed by atoms with E-state index in [9.17, 15) is 9.90 Å². The van der Waals surface area contributed by atoms with Gasteiger partial charge in [-0.15, -0.1) is 0 Å². The molecule has 1 N–H and O–H groups in total. The minimum atomic E-state index is 0.0271. The second-order valence-electron chi connectivity index (χ2n) is 6.60. The lowest BCUT2D eigenvalue weighted by Crippen LogP contribution is -2.21. The number of carbonyl (C=O) groups excluding carboxylic acids is 1. The van der Waals surface area contributed by atoms with Crippen LogP contribution < -0.4 is 0 Å². The Balaban J connectivity index is 2.00. The number of ketones is 1. The Morgan fingerprint density at radius 2 is 1.92 bits per heavy atom. The summed E-state index contributed by atoms with van der Waals surface area (Å²) >= 11 is 0. The molecule has 0 amide bonds. The van der Waals surface area contributed by atoms with Gasteiger partial charge in [0.05, 0.1) is 11.3 Å². The van der Waals surface area contributed by atoms with Gasteiger partial charge in [0, 0.05) is 25.8 Å². The summed E-state index contributed by atoms with van der Waals surface area (Å²) in [5.74, 6) is 0.242. The van der Waals surface area contributed by atoms with Gasteiger partial charge in [-0.1, -0.05) is 55.8 Å². The van der Waals surface area contributed by atoms with Crippen molar-refractivity contribution in [3.63, 3.8) is 0 Å². The molecule has 2 aromatic carbocycles. The molecule has 3 nitrogen and oxygen atoms in total. The van der Waals surface area contributed by atoms with E-state index in [0.29, 0.717) is 31.4 Å². The zero-order valence-electron chi connectivity index (χ0n) is 14.8. The number of aliphatic hydroxyl groups excluding tert-OH is 1. The van der Waals surface area contributed by atoms with Crippen LogP contribution in [-0.4, -0.2) is 23.1 Å². The van der Waals surface area contributed by atoms with Crippen LogP contribution >= 0.6 is 0 Å². The third-order valence-electron chi connectivity index (χ3n) is 4.73. The van der Waals surface area contributed by atoms with Gasteiger partial charge in [0.25, 0.3) is 0 Å². The number of aliphatic hydroxyl groups is 1. The standard InChI is InChI=1S/C22H25NO2/c1-2-3-14-23-19(22-20(24)12-7-13-21(22)25)15-17-10-6-9-16-8-4-5-11-18(16)17/h4-6,8-11,24H,2-3,7,12-15H2,1H3. The molecule has 0 unspecified atom stereocenters. The SMILES string of the molecule is CCCCN=C(Cc1cccc2ccccc12)C1=C(O)CCCC1=O. The molecule has 25 heavy (non-hydrogen) atoms. The van der Waals surface area contributed by atoms with E-state index in [-0.39, 0.29) is 11.5 Å². The average Bonchev–Trinajstić information content (AvgIpc) is 2.62. The predicted molar refractivity (Wildman–Crippen MR) is 103 cm³/mol. The van der Waals surface area contributed by atoms with Crippen molar-refractivity contribution in [1.82, 2.24) is 0 Å². The number of nitrogens with zero attached hydrogens (tertiary/aromatic N) is 1. The van der Waals surface area contributed by atoms with Crippen molar-refractivity contribution in [3.8, 4) is 0 Å². The Bertz CT molecular complexity index is 828. The monoisotopic (exact) mass is 335 g/mol. The summed E-state index contributed by atoms with van der Waals surface area (Å²) in [7, 11) is 0. The highest BCUT2D eigenvalue weighted by Crippen LogP contribution is 2.25. The first-order chi connectivity index (χ1) is 12.2. The van der Waals surface area contributed by atoms with E-state index in [1.165, 1.54) is 10.8 Å². The molecule has 0 atom stereocenters. The lowest BCUT2D eigenvalue weighted by Gasteiger charge is -2.18. The van der Waals surface area contributed by atoms with Crippen molar-refractivity contribution in [1.29, 1.82) is 0 Å². The van der Waals surface area contributed by atoms with Crippen LogP contribution in [0.5, 0.6) is 0 Å². The molecule has 1 aliphatic carbocycles. The highest BCUT2D eigenvalue weighted by Gasteiger charge is 2.25. The van der Waals surface area contributed by atoms with Gasteiger partial charge in [-0.3, -0.25) is 9.79 Å². The first kappa shape index (κ1) is 17.4. The Kier molecular flexibility index (Phi) is 5.64. The van der Waals surface area contributed by atoms with Gasteiger partial charge in [0.2, 0.25) is 0 Å². The highest BCUT2D eigenvalue weighted by atomic mass is 16.3. The van der Waals surface area contributed by atoms with E-state index in [1.54, 1.807) is 0 Å². The Labute approximate surface area is 149 Å². The number of fused-ring (bicyclic) bond motifs is 1. The van der Waals surface area contributed by atoms with Crippen LogP contribution in [0.3, 0.4) is 0 Å². The van der Waals surface area contributed by atoms with Crippen LogP contribution in [0.25, 0.3) is 10.8 Å². The maximum absolute atomic E-state index is 12.4.